The first-order valence-electron chi connectivity index (χ1n) is 8.55. The number of anilines is 2. The minimum atomic E-state index is 0.0829. The summed E-state index contributed by atoms with van der Waals surface area (Å²) < 4.78 is 7.39. The Morgan fingerprint density at radius 3 is 2.58 bits per heavy atom. The zero-order valence-corrected chi connectivity index (χ0v) is 14.5. The van der Waals surface area contributed by atoms with Crippen LogP contribution in [0.15, 0.2) is 23.0 Å². The highest BCUT2D eigenvalue weighted by Crippen LogP contribution is 2.26. The first-order chi connectivity index (χ1) is 12.6. The second kappa shape index (κ2) is 6.29. The molecule has 0 unspecified atom stereocenters. The van der Waals surface area contributed by atoms with Crippen LogP contribution in [0.3, 0.4) is 0 Å². The quantitative estimate of drug-likeness (QED) is 0.728. The van der Waals surface area contributed by atoms with Crippen molar-refractivity contribution in [1.29, 1.82) is 0 Å². The van der Waals surface area contributed by atoms with Crippen molar-refractivity contribution < 1.29 is 4.74 Å². The maximum Gasteiger partial charge on any atom is 0.225 e. The van der Waals surface area contributed by atoms with Gasteiger partial charge in [0.15, 0.2) is 11.3 Å². The number of nitrogens with zero attached hydrogens (tertiary/aromatic N) is 4. The zero-order chi connectivity index (χ0) is 18.3. The van der Waals surface area contributed by atoms with Gasteiger partial charge < -0.3 is 20.8 Å². The van der Waals surface area contributed by atoms with Gasteiger partial charge in [-0.3, -0.25) is 4.79 Å². The topological polar surface area (TPSA) is 122 Å². The van der Waals surface area contributed by atoms with E-state index in [0.717, 1.165) is 42.5 Å². The van der Waals surface area contributed by atoms with Gasteiger partial charge in [-0.15, -0.1) is 0 Å². The third-order valence-electron chi connectivity index (χ3n) is 4.79. The molecule has 0 atom stereocenters. The number of hydrogen-bond acceptors (Lipinski definition) is 7. The molecule has 3 aromatic rings. The van der Waals surface area contributed by atoms with Gasteiger partial charge in [0, 0.05) is 16.6 Å². The molecule has 4 N–H and O–H groups in total. The Labute approximate surface area is 149 Å². The highest BCUT2D eigenvalue weighted by molar-refractivity contribution is 5.82. The fourth-order valence-electron chi connectivity index (χ4n) is 3.65. The number of ether oxygens (including phenoxy) is 1. The number of hydrogen-bond donors (Lipinski definition) is 2. The molecule has 0 aliphatic heterocycles. The van der Waals surface area contributed by atoms with E-state index in [1.807, 2.05) is 12.1 Å². The lowest BCUT2D eigenvalue weighted by Crippen LogP contribution is -2.24. The highest BCUT2D eigenvalue weighted by atomic mass is 16.5. The SMILES string of the molecule is COc1ccc2c(c1)c(=O)c1c(n2Cc2nc(N)nc(N)n2)CCCC1. The summed E-state index contributed by atoms with van der Waals surface area (Å²) >= 11 is 0. The van der Waals surface area contributed by atoms with Crippen LogP contribution in [-0.2, 0) is 19.4 Å². The molecule has 0 fully saturated rings. The lowest BCUT2D eigenvalue weighted by atomic mass is 9.93. The van der Waals surface area contributed by atoms with Gasteiger partial charge in [0.2, 0.25) is 11.9 Å². The van der Waals surface area contributed by atoms with Crippen LogP contribution in [0.1, 0.15) is 29.9 Å². The van der Waals surface area contributed by atoms with Crippen molar-refractivity contribution in [3.63, 3.8) is 0 Å². The summed E-state index contributed by atoms with van der Waals surface area (Å²) in [6.07, 6.45) is 3.70. The molecule has 8 nitrogen and oxygen atoms in total. The Hall–Kier alpha value is -3.16. The minimum absolute atomic E-state index is 0.0829. The van der Waals surface area contributed by atoms with E-state index < -0.39 is 0 Å². The lowest BCUT2D eigenvalue weighted by Gasteiger charge is -2.23. The summed E-state index contributed by atoms with van der Waals surface area (Å²) in [6.45, 7) is 0.377. The second-order valence-electron chi connectivity index (χ2n) is 6.40. The Kier molecular flexibility index (Phi) is 3.95. The maximum absolute atomic E-state index is 13.0. The van der Waals surface area contributed by atoms with Crippen molar-refractivity contribution in [3.05, 3.63) is 45.5 Å². The van der Waals surface area contributed by atoms with Crippen LogP contribution in [0.5, 0.6) is 5.75 Å². The van der Waals surface area contributed by atoms with Gasteiger partial charge in [-0.1, -0.05) is 0 Å². The molecule has 0 radical (unpaired) electrons. The number of rotatable bonds is 3. The molecule has 0 saturated carbocycles. The fraction of sp³-hybridized carbons (Fsp3) is 0.333. The number of fused-ring (bicyclic) bond motifs is 2. The normalized spacial score (nSPS) is 13.6. The summed E-state index contributed by atoms with van der Waals surface area (Å²) in [5.74, 6) is 1.32. The summed E-state index contributed by atoms with van der Waals surface area (Å²) in [6, 6.07) is 5.54. The fourth-order valence-corrected chi connectivity index (χ4v) is 3.65. The smallest absolute Gasteiger partial charge is 0.225 e. The molecule has 134 valence electrons. The average Bonchev–Trinajstić information content (AvgIpc) is 2.64. The van der Waals surface area contributed by atoms with Crippen LogP contribution in [0.25, 0.3) is 10.9 Å². The van der Waals surface area contributed by atoms with Crippen LogP contribution < -0.4 is 21.6 Å². The summed E-state index contributed by atoms with van der Waals surface area (Å²) in [4.78, 5) is 25.2. The third-order valence-corrected chi connectivity index (χ3v) is 4.79. The van der Waals surface area contributed by atoms with Crippen molar-refractivity contribution in [3.8, 4) is 5.75 Å². The molecule has 26 heavy (non-hydrogen) atoms. The van der Waals surface area contributed by atoms with E-state index in [-0.39, 0.29) is 17.3 Å². The van der Waals surface area contributed by atoms with Crippen LogP contribution in [0, 0.1) is 0 Å². The van der Waals surface area contributed by atoms with E-state index in [9.17, 15) is 4.79 Å². The number of nitrogen functional groups attached to an aromatic ring is 2. The number of aromatic nitrogens is 4. The standard InChI is InChI=1S/C18H20N6O2/c1-26-10-6-7-14-12(8-10)16(25)11-4-2-3-5-13(11)24(14)9-15-21-17(19)23-18(20)22-15/h6-8H,2-5,9H2,1H3,(H4,19,20,21,22,23). The molecule has 1 aliphatic carbocycles. The van der Waals surface area contributed by atoms with Gasteiger partial charge >= 0.3 is 0 Å². The number of pyridine rings is 1. The molecule has 8 heteroatoms. The van der Waals surface area contributed by atoms with Crippen LogP contribution in [0.2, 0.25) is 0 Å². The van der Waals surface area contributed by atoms with Gasteiger partial charge in [0.1, 0.15) is 5.75 Å². The van der Waals surface area contributed by atoms with E-state index in [1.54, 1.807) is 13.2 Å². The van der Waals surface area contributed by atoms with Crippen LogP contribution >= 0.6 is 0 Å². The number of nitrogens with two attached hydrogens (primary N) is 2. The predicted molar refractivity (Wildman–Crippen MR) is 99.2 cm³/mol. The van der Waals surface area contributed by atoms with Gasteiger partial charge in [0.05, 0.1) is 19.2 Å². The summed E-state index contributed by atoms with van der Waals surface area (Å²) in [5, 5.41) is 0.639. The first-order valence-corrected chi connectivity index (χ1v) is 8.55. The first kappa shape index (κ1) is 16.3. The van der Waals surface area contributed by atoms with Crippen molar-refractivity contribution in [2.75, 3.05) is 18.6 Å². The summed E-state index contributed by atoms with van der Waals surface area (Å²) in [7, 11) is 1.59. The van der Waals surface area contributed by atoms with Crippen LogP contribution in [0.4, 0.5) is 11.9 Å². The monoisotopic (exact) mass is 352 g/mol. The summed E-state index contributed by atoms with van der Waals surface area (Å²) in [5.41, 5.74) is 14.2. The molecule has 2 heterocycles. The van der Waals surface area contributed by atoms with E-state index in [1.165, 1.54) is 0 Å². The van der Waals surface area contributed by atoms with E-state index in [2.05, 4.69) is 19.5 Å². The zero-order valence-electron chi connectivity index (χ0n) is 14.5. The maximum atomic E-state index is 13.0. The highest BCUT2D eigenvalue weighted by Gasteiger charge is 2.21. The van der Waals surface area contributed by atoms with Crippen LogP contribution in [-0.4, -0.2) is 26.6 Å². The Bertz CT molecular complexity index is 1040. The van der Waals surface area contributed by atoms with Crippen molar-refractivity contribution >= 4 is 22.8 Å². The minimum Gasteiger partial charge on any atom is -0.497 e. The van der Waals surface area contributed by atoms with Gasteiger partial charge in [0.25, 0.3) is 0 Å². The van der Waals surface area contributed by atoms with Crippen molar-refractivity contribution in [1.82, 2.24) is 19.5 Å². The molecule has 0 amide bonds. The molecule has 0 bridgehead atoms. The Morgan fingerprint density at radius 2 is 1.85 bits per heavy atom. The van der Waals surface area contributed by atoms with Gasteiger partial charge in [-0.25, -0.2) is 0 Å². The van der Waals surface area contributed by atoms with E-state index in [4.69, 9.17) is 16.2 Å². The number of benzene rings is 1. The second-order valence-corrected chi connectivity index (χ2v) is 6.40. The lowest BCUT2D eigenvalue weighted by molar-refractivity contribution is 0.415. The molecule has 0 spiro atoms. The number of methoxy groups -OCH3 is 1. The van der Waals surface area contributed by atoms with Gasteiger partial charge in [-0.2, -0.15) is 15.0 Å². The third kappa shape index (κ3) is 2.73. The molecule has 4 rings (SSSR count). The molecule has 1 aromatic carbocycles. The van der Waals surface area contributed by atoms with E-state index in [0.29, 0.717) is 23.5 Å². The predicted octanol–water partition coefficient (Wildman–Crippen LogP) is 1.29. The molecule has 2 aromatic heterocycles. The van der Waals surface area contributed by atoms with Crippen molar-refractivity contribution in [2.24, 2.45) is 0 Å². The Balaban J connectivity index is 1.97. The van der Waals surface area contributed by atoms with Gasteiger partial charge in [-0.05, 0) is 43.9 Å². The van der Waals surface area contributed by atoms with Crippen molar-refractivity contribution in [2.45, 2.75) is 32.2 Å². The molecular weight excluding hydrogens is 332 g/mol. The molecule has 0 saturated heterocycles. The largest absolute Gasteiger partial charge is 0.497 e. The Morgan fingerprint density at radius 1 is 1.12 bits per heavy atom. The molecular formula is C18H20N6O2. The molecule has 1 aliphatic rings. The average molecular weight is 352 g/mol. The van der Waals surface area contributed by atoms with E-state index >= 15 is 0 Å².